The standard InChI is InChI=1S/C19H21N3O3S2/c1-24-13-8-12(9-14(10-13)25-2)20-17(23)15-11-16-18(26-15)21-19(27-16)22-6-4-3-5-7-22/h8-11H,3-7H2,1-2H3,(H,20,23). The van der Waals surface area contributed by atoms with Crippen LogP contribution in [0.2, 0.25) is 0 Å². The predicted molar refractivity (Wildman–Crippen MR) is 111 cm³/mol. The van der Waals surface area contributed by atoms with Gasteiger partial charge in [0.05, 0.1) is 23.8 Å². The summed E-state index contributed by atoms with van der Waals surface area (Å²) >= 11 is 3.09. The van der Waals surface area contributed by atoms with Crippen LogP contribution in [0, 0.1) is 0 Å². The molecule has 1 fully saturated rings. The quantitative estimate of drug-likeness (QED) is 0.674. The number of ether oxygens (including phenoxy) is 2. The summed E-state index contributed by atoms with van der Waals surface area (Å²) in [4.78, 5) is 21.3. The molecule has 0 saturated carbocycles. The van der Waals surface area contributed by atoms with Gasteiger partial charge in [-0.25, -0.2) is 4.98 Å². The van der Waals surface area contributed by atoms with Gasteiger partial charge >= 0.3 is 0 Å². The normalized spacial score (nSPS) is 14.4. The summed E-state index contributed by atoms with van der Waals surface area (Å²) in [7, 11) is 3.17. The Balaban J connectivity index is 1.52. The average molecular weight is 404 g/mol. The third-order valence-electron chi connectivity index (χ3n) is 4.54. The number of aromatic nitrogens is 1. The number of rotatable bonds is 5. The van der Waals surface area contributed by atoms with Crippen LogP contribution in [-0.2, 0) is 0 Å². The zero-order valence-electron chi connectivity index (χ0n) is 15.3. The zero-order chi connectivity index (χ0) is 18.8. The van der Waals surface area contributed by atoms with Crippen LogP contribution in [0.5, 0.6) is 11.5 Å². The summed E-state index contributed by atoms with van der Waals surface area (Å²) in [5.41, 5.74) is 0.634. The summed E-state index contributed by atoms with van der Waals surface area (Å²) in [5, 5.41) is 3.98. The molecule has 0 radical (unpaired) electrons. The SMILES string of the molecule is COc1cc(NC(=O)c2cc3sc(N4CCCCC4)nc3s2)cc(OC)c1. The molecular formula is C19H21N3O3S2. The van der Waals surface area contributed by atoms with Crippen molar-refractivity contribution in [1.29, 1.82) is 0 Å². The van der Waals surface area contributed by atoms with Crippen molar-refractivity contribution >= 4 is 48.9 Å². The van der Waals surface area contributed by atoms with Gasteiger partial charge < -0.3 is 19.7 Å². The summed E-state index contributed by atoms with van der Waals surface area (Å²) in [6.07, 6.45) is 3.76. The first-order chi connectivity index (χ1) is 13.2. The Morgan fingerprint density at radius 2 is 1.74 bits per heavy atom. The number of carbonyl (C=O) groups is 1. The van der Waals surface area contributed by atoms with Gasteiger partial charge in [-0.3, -0.25) is 4.79 Å². The minimum absolute atomic E-state index is 0.153. The highest BCUT2D eigenvalue weighted by atomic mass is 32.1. The van der Waals surface area contributed by atoms with Gasteiger partial charge in [-0.15, -0.1) is 11.3 Å². The monoisotopic (exact) mass is 403 g/mol. The van der Waals surface area contributed by atoms with Crippen molar-refractivity contribution in [1.82, 2.24) is 4.98 Å². The van der Waals surface area contributed by atoms with Gasteiger partial charge in [0.25, 0.3) is 5.91 Å². The molecule has 27 heavy (non-hydrogen) atoms. The van der Waals surface area contributed by atoms with E-state index < -0.39 is 0 Å². The maximum atomic E-state index is 12.7. The van der Waals surface area contributed by atoms with Gasteiger partial charge in [-0.05, 0) is 25.3 Å². The van der Waals surface area contributed by atoms with E-state index in [1.165, 1.54) is 30.6 Å². The van der Waals surface area contributed by atoms with Crippen LogP contribution in [-0.4, -0.2) is 38.2 Å². The fourth-order valence-corrected chi connectivity index (χ4v) is 5.29. The molecular weight excluding hydrogens is 382 g/mol. The van der Waals surface area contributed by atoms with Gasteiger partial charge in [0, 0.05) is 37.0 Å². The fraction of sp³-hybridized carbons (Fsp3) is 0.368. The Bertz CT molecular complexity index is 907. The Morgan fingerprint density at radius 3 is 2.37 bits per heavy atom. The first kappa shape index (κ1) is 18.1. The zero-order valence-corrected chi connectivity index (χ0v) is 16.9. The van der Waals surface area contributed by atoms with Crippen molar-refractivity contribution < 1.29 is 14.3 Å². The van der Waals surface area contributed by atoms with E-state index in [2.05, 4.69) is 10.2 Å². The number of fused-ring (bicyclic) bond motifs is 1. The molecule has 1 amide bonds. The minimum Gasteiger partial charge on any atom is -0.497 e. The number of nitrogens with one attached hydrogen (secondary N) is 1. The van der Waals surface area contributed by atoms with E-state index in [4.69, 9.17) is 14.5 Å². The van der Waals surface area contributed by atoms with E-state index in [9.17, 15) is 4.79 Å². The van der Waals surface area contributed by atoms with Crippen molar-refractivity contribution in [2.75, 3.05) is 37.5 Å². The third-order valence-corrected chi connectivity index (χ3v) is 6.76. The lowest BCUT2D eigenvalue weighted by Gasteiger charge is -2.25. The van der Waals surface area contributed by atoms with Crippen molar-refractivity contribution in [3.63, 3.8) is 0 Å². The minimum atomic E-state index is -0.153. The second kappa shape index (κ2) is 7.74. The average Bonchev–Trinajstić information content (AvgIpc) is 3.27. The molecule has 3 heterocycles. The van der Waals surface area contributed by atoms with E-state index in [0.717, 1.165) is 27.8 Å². The number of thiophene rings is 1. The number of thiazole rings is 1. The van der Waals surface area contributed by atoms with Gasteiger partial charge in [-0.2, -0.15) is 0 Å². The first-order valence-corrected chi connectivity index (χ1v) is 10.5. The molecule has 1 aliphatic heterocycles. The van der Waals surface area contributed by atoms with Crippen LogP contribution in [0.1, 0.15) is 28.9 Å². The van der Waals surface area contributed by atoms with Crippen LogP contribution in [0.25, 0.3) is 9.53 Å². The maximum absolute atomic E-state index is 12.7. The lowest BCUT2D eigenvalue weighted by Crippen LogP contribution is -2.29. The topological polar surface area (TPSA) is 63.7 Å². The van der Waals surface area contributed by atoms with Crippen LogP contribution < -0.4 is 19.7 Å². The van der Waals surface area contributed by atoms with Gasteiger partial charge in [0.15, 0.2) is 5.13 Å². The number of piperidine rings is 1. The highest BCUT2D eigenvalue weighted by Gasteiger charge is 2.19. The number of carbonyl (C=O) groups excluding carboxylic acids is 1. The number of nitrogens with zero attached hydrogens (tertiary/aromatic N) is 2. The fourth-order valence-electron chi connectivity index (χ4n) is 3.13. The van der Waals surface area contributed by atoms with Crippen molar-refractivity contribution in [2.24, 2.45) is 0 Å². The molecule has 0 atom stereocenters. The smallest absolute Gasteiger partial charge is 0.265 e. The third kappa shape index (κ3) is 3.86. The molecule has 1 aliphatic rings. The van der Waals surface area contributed by atoms with Crippen molar-refractivity contribution in [3.05, 3.63) is 29.1 Å². The van der Waals surface area contributed by atoms with E-state index in [1.807, 2.05) is 6.07 Å². The largest absolute Gasteiger partial charge is 0.497 e. The number of anilines is 2. The Kier molecular flexibility index (Phi) is 5.18. The lowest BCUT2D eigenvalue weighted by atomic mass is 10.1. The van der Waals surface area contributed by atoms with Crippen molar-refractivity contribution in [2.45, 2.75) is 19.3 Å². The number of benzene rings is 1. The van der Waals surface area contributed by atoms with Crippen LogP contribution >= 0.6 is 22.7 Å². The highest BCUT2D eigenvalue weighted by Crippen LogP contribution is 2.36. The van der Waals surface area contributed by atoms with E-state index in [-0.39, 0.29) is 5.91 Å². The van der Waals surface area contributed by atoms with Crippen LogP contribution in [0.4, 0.5) is 10.8 Å². The number of amides is 1. The molecule has 0 bridgehead atoms. The number of hydrogen-bond donors (Lipinski definition) is 1. The van der Waals surface area contributed by atoms with Crippen LogP contribution in [0.3, 0.4) is 0 Å². The van der Waals surface area contributed by atoms with Gasteiger partial charge in [0.2, 0.25) is 0 Å². The molecule has 0 unspecified atom stereocenters. The second-order valence-corrected chi connectivity index (χ2v) is 8.42. The van der Waals surface area contributed by atoms with Crippen molar-refractivity contribution in [3.8, 4) is 11.5 Å². The van der Waals surface area contributed by atoms with E-state index in [0.29, 0.717) is 22.1 Å². The molecule has 0 spiro atoms. The Morgan fingerprint density at radius 1 is 1.04 bits per heavy atom. The van der Waals surface area contributed by atoms with E-state index in [1.54, 1.807) is 43.8 Å². The molecule has 1 N–H and O–H groups in total. The molecule has 3 aromatic rings. The second-order valence-electron chi connectivity index (χ2n) is 6.38. The highest BCUT2D eigenvalue weighted by molar-refractivity contribution is 7.29. The summed E-state index contributed by atoms with van der Waals surface area (Å²) < 4.78 is 11.6. The molecule has 2 aromatic heterocycles. The van der Waals surface area contributed by atoms with Gasteiger partial charge in [-0.1, -0.05) is 11.3 Å². The predicted octanol–water partition coefficient (Wildman–Crippen LogP) is 4.62. The molecule has 6 nitrogen and oxygen atoms in total. The number of methoxy groups -OCH3 is 2. The maximum Gasteiger partial charge on any atom is 0.265 e. The Labute approximate surface area is 165 Å². The number of hydrogen-bond acceptors (Lipinski definition) is 7. The first-order valence-electron chi connectivity index (χ1n) is 8.86. The molecule has 8 heteroatoms. The molecule has 4 rings (SSSR count). The summed E-state index contributed by atoms with van der Waals surface area (Å²) in [6.45, 7) is 2.15. The lowest BCUT2D eigenvalue weighted by molar-refractivity contribution is 0.103. The van der Waals surface area contributed by atoms with Gasteiger partial charge in [0.1, 0.15) is 16.3 Å². The van der Waals surface area contributed by atoms with E-state index >= 15 is 0 Å². The van der Waals surface area contributed by atoms with Crippen LogP contribution in [0.15, 0.2) is 24.3 Å². The molecule has 142 valence electrons. The summed E-state index contributed by atoms with van der Waals surface area (Å²) in [5.74, 6) is 1.11. The molecule has 1 aromatic carbocycles. The summed E-state index contributed by atoms with van der Waals surface area (Å²) in [6, 6.07) is 7.23. The molecule has 0 aliphatic carbocycles. The Hall–Kier alpha value is -2.32. The molecule has 1 saturated heterocycles.